The molecular weight excluding hydrogens is 903 g/mol. The van der Waals surface area contributed by atoms with Gasteiger partial charge in [-0.05, 0) is 95.2 Å². The van der Waals surface area contributed by atoms with Crippen molar-refractivity contribution in [1.29, 1.82) is 0 Å². The van der Waals surface area contributed by atoms with Gasteiger partial charge in [-0.2, -0.15) is 26.3 Å². The Morgan fingerprint density at radius 1 is 0.922 bits per heavy atom. The number of nitrogens with one attached hydrogen (secondary N) is 3. The van der Waals surface area contributed by atoms with E-state index in [1.54, 1.807) is 14.0 Å². The fraction of sp³-hybridized carbons (Fsp3) is 0.442. The van der Waals surface area contributed by atoms with E-state index in [4.69, 9.17) is 25.8 Å². The third-order valence-corrected chi connectivity index (χ3v) is 12.0. The molecule has 2 aliphatic rings. The quantitative estimate of drug-likeness (QED) is 0.126. The number of benzene rings is 3. The van der Waals surface area contributed by atoms with Crippen molar-refractivity contribution in [1.82, 2.24) is 10.6 Å². The van der Waals surface area contributed by atoms with Gasteiger partial charge in [0, 0.05) is 30.7 Å². The Bertz CT molecular complexity index is 2400. The van der Waals surface area contributed by atoms with E-state index in [-0.39, 0.29) is 52.1 Å². The van der Waals surface area contributed by atoms with Crippen LogP contribution in [-0.2, 0) is 34.5 Å². The molecule has 5 rings (SSSR count). The first-order valence-electron chi connectivity index (χ1n) is 19.6. The minimum Gasteiger partial charge on any atom is -0.434 e. The smallest absolute Gasteiger partial charge is 0.434 e. The molecule has 3 N–H and O–H groups in total. The second-order valence-electron chi connectivity index (χ2n) is 15.5. The van der Waals surface area contributed by atoms with Crippen LogP contribution < -0.4 is 16.0 Å². The van der Waals surface area contributed by atoms with Crippen molar-refractivity contribution >= 4 is 56.6 Å². The first-order chi connectivity index (χ1) is 29.6. The largest absolute Gasteiger partial charge is 0.513 e. The number of carbonyl (C=O) groups is 4. The van der Waals surface area contributed by atoms with E-state index in [0.717, 1.165) is 42.7 Å². The molecule has 0 bridgehead atoms. The number of alkyl halides is 7. The Morgan fingerprint density at radius 3 is 2.09 bits per heavy atom. The SMILES string of the molecule is CCOC(=O)OC1=C(c2cc(C)ccc2C)C(=O)NC12CCC(OC)CC2.Cc1cc(C(F)(C(F)(F)F)C(F)(F)F)ccc1NC(=O)c1cccc(Cl)c1C(=O)N[C@@H](C)CS(C)(=O)=O. The Labute approximate surface area is 370 Å². The summed E-state index contributed by atoms with van der Waals surface area (Å²) in [6.45, 7) is 8.30. The highest BCUT2D eigenvalue weighted by Crippen LogP contribution is 2.53. The minimum atomic E-state index is -6.31. The standard InChI is InChI=1S/C22H20ClF7N2O4S.C21H27NO5/c1-11-9-13(20(24,21(25,26)27)22(28,29)30)7-8-16(11)32-18(33)14-5-4-6-15(23)17(14)19(34)31-12(2)10-37(3,35)36;1-5-26-20(24)27-18-17(16-12-13(2)6-7-14(16)3)19(23)22-21(18)10-8-15(25-4)9-11-21/h4-9,12H,10H2,1-3H3,(H,31,34)(H,32,33);6-7,12,15H,5,8-11H2,1-4H3,(H,22,23)/t12-;/m0./s1. The molecule has 0 unspecified atom stereocenters. The topological polar surface area (TPSA) is 166 Å². The maximum atomic E-state index is 14.3. The molecule has 1 fully saturated rings. The van der Waals surface area contributed by atoms with E-state index in [1.165, 1.54) is 25.1 Å². The number of amides is 3. The first kappa shape index (κ1) is 51.4. The average Bonchev–Trinajstić information content (AvgIpc) is 3.43. The Balaban J connectivity index is 0.000000294. The maximum Gasteiger partial charge on any atom is 0.513 e. The van der Waals surface area contributed by atoms with Crippen molar-refractivity contribution in [2.45, 2.75) is 96.0 Å². The van der Waals surface area contributed by atoms with Gasteiger partial charge in [-0.3, -0.25) is 14.4 Å². The van der Waals surface area contributed by atoms with Gasteiger partial charge in [0.1, 0.15) is 15.6 Å². The molecule has 64 heavy (non-hydrogen) atoms. The summed E-state index contributed by atoms with van der Waals surface area (Å²) in [5.41, 5.74) is -6.14. The van der Waals surface area contributed by atoms with Gasteiger partial charge in [0.05, 0.1) is 45.7 Å². The summed E-state index contributed by atoms with van der Waals surface area (Å²) in [7, 11) is -1.76. The molecule has 1 heterocycles. The summed E-state index contributed by atoms with van der Waals surface area (Å²) in [4.78, 5) is 50.7. The summed E-state index contributed by atoms with van der Waals surface area (Å²) in [6, 6.07) is 9.99. The van der Waals surface area contributed by atoms with Gasteiger partial charge in [0.25, 0.3) is 17.7 Å². The number of ether oxygens (including phenoxy) is 3. The number of rotatable bonds is 11. The van der Waals surface area contributed by atoms with Crippen molar-refractivity contribution in [2.75, 3.05) is 31.0 Å². The fourth-order valence-corrected chi connectivity index (χ4v) is 8.66. The van der Waals surface area contributed by atoms with E-state index in [1.807, 2.05) is 32.0 Å². The van der Waals surface area contributed by atoms with Crippen LogP contribution in [0.4, 0.5) is 41.2 Å². The van der Waals surface area contributed by atoms with Gasteiger partial charge in [0.15, 0.2) is 0 Å². The molecule has 0 saturated heterocycles. The molecule has 1 aliphatic heterocycles. The molecule has 12 nitrogen and oxygen atoms in total. The lowest BCUT2D eigenvalue weighted by atomic mass is 9.79. The van der Waals surface area contributed by atoms with Gasteiger partial charge < -0.3 is 30.2 Å². The van der Waals surface area contributed by atoms with Crippen molar-refractivity contribution in [3.63, 3.8) is 0 Å². The zero-order valence-corrected chi connectivity index (χ0v) is 37.3. The third-order valence-electron chi connectivity index (χ3n) is 10.5. The molecule has 1 saturated carbocycles. The van der Waals surface area contributed by atoms with E-state index in [9.17, 15) is 58.3 Å². The fourth-order valence-electron chi connectivity index (χ4n) is 7.41. The summed E-state index contributed by atoms with van der Waals surface area (Å²) in [6.07, 6.45) is -9.41. The number of hydrogen-bond donors (Lipinski definition) is 3. The number of aryl methyl sites for hydroxylation is 3. The normalized spacial score (nSPS) is 18.4. The van der Waals surface area contributed by atoms with Crippen molar-refractivity contribution in [2.24, 2.45) is 0 Å². The zero-order valence-electron chi connectivity index (χ0n) is 35.7. The number of halogens is 8. The van der Waals surface area contributed by atoms with Gasteiger partial charge in [-0.1, -0.05) is 53.6 Å². The highest BCUT2D eigenvalue weighted by atomic mass is 35.5. The molecule has 0 radical (unpaired) electrons. The van der Waals surface area contributed by atoms with Gasteiger partial charge >= 0.3 is 24.2 Å². The predicted molar refractivity (Wildman–Crippen MR) is 223 cm³/mol. The highest BCUT2D eigenvalue weighted by Gasteiger charge is 2.73. The summed E-state index contributed by atoms with van der Waals surface area (Å²) >= 11 is 6.06. The second kappa shape index (κ2) is 19.9. The van der Waals surface area contributed by atoms with E-state index < -0.39 is 68.7 Å². The first-order valence-corrected chi connectivity index (χ1v) is 22.1. The third kappa shape index (κ3) is 11.5. The minimum absolute atomic E-state index is 0.154. The van der Waals surface area contributed by atoms with Crippen LogP contribution in [0.15, 0.2) is 60.4 Å². The van der Waals surface area contributed by atoms with Crippen LogP contribution >= 0.6 is 11.6 Å². The second-order valence-corrected chi connectivity index (χ2v) is 18.1. The van der Waals surface area contributed by atoms with Crippen LogP contribution in [0.3, 0.4) is 0 Å². The zero-order chi connectivity index (χ0) is 48.2. The lowest BCUT2D eigenvalue weighted by Crippen LogP contribution is -2.50. The number of hydrogen-bond acceptors (Lipinski definition) is 9. The van der Waals surface area contributed by atoms with E-state index in [0.29, 0.717) is 36.3 Å². The molecule has 3 aromatic rings. The maximum absolute atomic E-state index is 14.3. The molecule has 350 valence electrons. The average molecular weight is 950 g/mol. The Kier molecular flexibility index (Phi) is 16.0. The molecular formula is C43H47ClF7N3O9S. The van der Waals surface area contributed by atoms with Crippen LogP contribution in [0.1, 0.15) is 88.1 Å². The lowest BCUT2D eigenvalue weighted by molar-refractivity contribution is -0.348. The van der Waals surface area contributed by atoms with Crippen molar-refractivity contribution < 1.29 is 72.5 Å². The van der Waals surface area contributed by atoms with Gasteiger partial charge in [-0.15, -0.1) is 0 Å². The monoisotopic (exact) mass is 949 g/mol. The molecule has 0 aromatic heterocycles. The highest BCUT2D eigenvalue weighted by molar-refractivity contribution is 7.90. The van der Waals surface area contributed by atoms with Crippen LogP contribution in [-0.4, -0.2) is 88.1 Å². The van der Waals surface area contributed by atoms with Gasteiger partial charge in [-0.25, -0.2) is 17.6 Å². The number of methoxy groups -OCH3 is 1. The molecule has 3 aromatic carbocycles. The Morgan fingerprint density at radius 2 is 1.55 bits per heavy atom. The van der Waals surface area contributed by atoms with E-state index >= 15 is 0 Å². The predicted octanol–water partition coefficient (Wildman–Crippen LogP) is 9.00. The van der Waals surface area contributed by atoms with Crippen LogP contribution in [0, 0.1) is 20.8 Å². The number of carbonyl (C=O) groups excluding carboxylic acids is 4. The summed E-state index contributed by atoms with van der Waals surface area (Å²) in [5.74, 6) is -2.16. The molecule has 1 spiro atoms. The van der Waals surface area contributed by atoms with Crippen molar-refractivity contribution in [3.05, 3.63) is 104 Å². The summed E-state index contributed by atoms with van der Waals surface area (Å²) < 4.78 is 132. The Hall–Kier alpha value is -5.21. The van der Waals surface area contributed by atoms with Gasteiger partial charge in [0.2, 0.25) is 0 Å². The van der Waals surface area contributed by atoms with Crippen LogP contribution in [0.5, 0.6) is 0 Å². The molecule has 1 aliphatic carbocycles. The van der Waals surface area contributed by atoms with E-state index in [2.05, 4.69) is 16.0 Å². The van der Waals surface area contributed by atoms with Crippen molar-refractivity contribution in [3.8, 4) is 0 Å². The number of sulfone groups is 1. The van der Waals surface area contributed by atoms with Crippen LogP contribution in [0.25, 0.3) is 5.57 Å². The summed E-state index contributed by atoms with van der Waals surface area (Å²) in [5, 5.41) is 7.53. The number of anilines is 1. The molecule has 1 atom stereocenters. The lowest BCUT2D eigenvalue weighted by Gasteiger charge is -2.37. The molecule has 21 heteroatoms. The van der Waals surface area contributed by atoms with Crippen LogP contribution in [0.2, 0.25) is 5.02 Å². The molecule has 3 amide bonds.